The summed E-state index contributed by atoms with van der Waals surface area (Å²) in [5.74, 6) is -2.14. The van der Waals surface area contributed by atoms with E-state index in [2.05, 4.69) is 10.7 Å². The van der Waals surface area contributed by atoms with Gasteiger partial charge >= 0.3 is 18.0 Å². The van der Waals surface area contributed by atoms with E-state index < -0.39 is 24.0 Å². The third-order valence-electron chi connectivity index (χ3n) is 3.10. The standard InChI is InChI=1S/C12H21N3O5/c16-10(17)6-4-5-9(11(18)19)13-12(20)14-15-7-2-1-3-8-15/h9H,1-8H2,(H,16,17)(H,18,19)(H2,13,14,20)/t9-/m1/s1. The van der Waals surface area contributed by atoms with Crippen molar-refractivity contribution in [2.24, 2.45) is 0 Å². The second-order valence-corrected chi connectivity index (χ2v) is 4.81. The maximum atomic E-state index is 11.7. The number of aliphatic carboxylic acids is 2. The van der Waals surface area contributed by atoms with E-state index in [-0.39, 0.29) is 19.3 Å². The fourth-order valence-corrected chi connectivity index (χ4v) is 2.05. The molecular weight excluding hydrogens is 266 g/mol. The molecule has 4 N–H and O–H groups in total. The summed E-state index contributed by atoms with van der Waals surface area (Å²) in [6, 6.07) is -1.63. The van der Waals surface area contributed by atoms with Crippen molar-refractivity contribution >= 4 is 18.0 Å². The molecule has 1 aliphatic heterocycles. The zero-order valence-electron chi connectivity index (χ0n) is 11.3. The van der Waals surface area contributed by atoms with Crippen molar-refractivity contribution in [1.29, 1.82) is 0 Å². The lowest BCUT2D eigenvalue weighted by Gasteiger charge is -2.27. The second kappa shape index (κ2) is 8.36. The van der Waals surface area contributed by atoms with Gasteiger partial charge in [-0.15, -0.1) is 0 Å². The van der Waals surface area contributed by atoms with Gasteiger partial charge in [-0.3, -0.25) is 10.2 Å². The van der Waals surface area contributed by atoms with Gasteiger partial charge in [0.2, 0.25) is 0 Å². The minimum absolute atomic E-state index is 0.0923. The van der Waals surface area contributed by atoms with Gasteiger partial charge in [-0.1, -0.05) is 6.42 Å². The first kappa shape index (κ1) is 16.2. The van der Waals surface area contributed by atoms with E-state index in [9.17, 15) is 14.4 Å². The molecule has 1 saturated heterocycles. The van der Waals surface area contributed by atoms with Gasteiger partial charge in [-0.05, 0) is 25.7 Å². The van der Waals surface area contributed by atoms with Crippen molar-refractivity contribution in [3.8, 4) is 0 Å². The van der Waals surface area contributed by atoms with Crippen LogP contribution in [0, 0.1) is 0 Å². The zero-order chi connectivity index (χ0) is 15.0. The Morgan fingerprint density at radius 1 is 1.10 bits per heavy atom. The van der Waals surface area contributed by atoms with Crippen molar-refractivity contribution in [2.75, 3.05) is 13.1 Å². The van der Waals surface area contributed by atoms with Gasteiger partial charge in [0.1, 0.15) is 6.04 Å². The van der Waals surface area contributed by atoms with Crippen LogP contribution in [-0.2, 0) is 9.59 Å². The lowest BCUT2D eigenvalue weighted by molar-refractivity contribution is -0.140. The quantitative estimate of drug-likeness (QED) is 0.538. The Kier molecular flexibility index (Phi) is 6.78. The molecule has 1 fully saturated rings. The van der Waals surface area contributed by atoms with E-state index in [1.807, 2.05) is 0 Å². The van der Waals surface area contributed by atoms with E-state index in [0.717, 1.165) is 32.4 Å². The Hall–Kier alpha value is -1.83. The molecule has 0 aromatic carbocycles. The second-order valence-electron chi connectivity index (χ2n) is 4.81. The topological polar surface area (TPSA) is 119 Å². The Morgan fingerprint density at radius 2 is 1.75 bits per heavy atom. The van der Waals surface area contributed by atoms with Crippen LogP contribution in [0.1, 0.15) is 38.5 Å². The number of hydrogen-bond acceptors (Lipinski definition) is 4. The molecule has 1 rings (SSSR count). The van der Waals surface area contributed by atoms with Crippen LogP contribution < -0.4 is 10.7 Å². The number of piperidine rings is 1. The smallest absolute Gasteiger partial charge is 0.330 e. The molecule has 20 heavy (non-hydrogen) atoms. The van der Waals surface area contributed by atoms with Crippen LogP contribution in [0.5, 0.6) is 0 Å². The molecular formula is C12H21N3O5. The predicted molar refractivity (Wildman–Crippen MR) is 70.0 cm³/mol. The molecule has 8 nitrogen and oxygen atoms in total. The molecule has 2 amide bonds. The van der Waals surface area contributed by atoms with Crippen molar-refractivity contribution in [3.05, 3.63) is 0 Å². The average Bonchev–Trinajstić information content (AvgIpc) is 2.38. The number of hydrogen-bond donors (Lipinski definition) is 4. The van der Waals surface area contributed by atoms with E-state index >= 15 is 0 Å². The molecule has 0 aromatic rings. The molecule has 1 atom stereocenters. The van der Waals surface area contributed by atoms with Crippen LogP contribution in [-0.4, -0.2) is 52.3 Å². The van der Waals surface area contributed by atoms with Gasteiger partial charge in [-0.2, -0.15) is 0 Å². The van der Waals surface area contributed by atoms with E-state index in [1.54, 1.807) is 5.01 Å². The average molecular weight is 287 g/mol. The van der Waals surface area contributed by atoms with Crippen LogP contribution in [0.15, 0.2) is 0 Å². The van der Waals surface area contributed by atoms with E-state index in [0.29, 0.717) is 0 Å². The van der Waals surface area contributed by atoms with E-state index in [4.69, 9.17) is 10.2 Å². The number of carbonyl (C=O) groups is 3. The molecule has 0 spiro atoms. The van der Waals surface area contributed by atoms with Crippen molar-refractivity contribution < 1.29 is 24.6 Å². The Balaban J connectivity index is 2.33. The summed E-state index contributed by atoms with van der Waals surface area (Å²) in [4.78, 5) is 33.1. The number of amides is 2. The predicted octanol–water partition coefficient (Wildman–Crippen LogP) is 0.395. The Morgan fingerprint density at radius 3 is 2.30 bits per heavy atom. The van der Waals surface area contributed by atoms with Gasteiger partial charge < -0.3 is 15.5 Å². The molecule has 0 saturated carbocycles. The van der Waals surface area contributed by atoms with Crippen LogP contribution in [0.4, 0.5) is 4.79 Å². The molecule has 0 aliphatic carbocycles. The largest absolute Gasteiger partial charge is 0.481 e. The zero-order valence-corrected chi connectivity index (χ0v) is 11.3. The fourth-order valence-electron chi connectivity index (χ4n) is 2.05. The first-order chi connectivity index (χ1) is 9.49. The van der Waals surface area contributed by atoms with Crippen molar-refractivity contribution in [2.45, 2.75) is 44.6 Å². The summed E-state index contributed by atoms with van der Waals surface area (Å²) in [6.07, 6.45) is 3.32. The summed E-state index contributed by atoms with van der Waals surface area (Å²) >= 11 is 0. The number of carboxylic acid groups (broad SMARTS) is 2. The number of rotatable bonds is 7. The molecule has 0 aromatic heterocycles. The third-order valence-corrected chi connectivity index (χ3v) is 3.10. The highest BCUT2D eigenvalue weighted by molar-refractivity contribution is 5.82. The molecule has 0 unspecified atom stereocenters. The fraction of sp³-hybridized carbons (Fsp3) is 0.750. The number of urea groups is 1. The molecule has 114 valence electrons. The van der Waals surface area contributed by atoms with Crippen LogP contribution in [0.3, 0.4) is 0 Å². The molecule has 1 heterocycles. The van der Waals surface area contributed by atoms with Crippen LogP contribution in [0.2, 0.25) is 0 Å². The SMILES string of the molecule is O=C(O)CCC[C@@H](NC(=O)NN1CCCCC1)C(=O)O. The molecule has 0 radical (unpaired) electrons. The summed E-state index contributed by atoms with van der Waals surface area (Å²) in [7, 11) is 0. The van der Waals surface area contributed by atoms with Crippen molar-refractivity contribution in [3.63, 3.8) is 0 Å². The summed E-state index contributed by atoms with van der Waals surface area (Å²) in [5.41, 5.74) is 2.61. The van der Waals surface area contributed by atoms with Crippen LogP contribution >= 0.6 is 0 Å². The summed E-state index contributed by atoms with van der Waals surface area (Å²) in [6.45, 7) is 1.51. The minimum Gasteiger partial charge on any atom is -0.481 e. The Bertz CT molecular complexity index is 355. The van der Waals surface area contributed by atoms with Gasteiger partial charge in [0, 0.05) is 19.5 Å². The molecule has 1 aliphatic rings. The summed E-state index contributed by atoms with van der Waals surface area (Å²) < 4.78 is 0. The highest BCUT2D eigenvalue weighted by Gasteiger charge is 2.21. The first-order valence-corrected chi connectivity index (χ1v) is 6.75. The maximum absolute atomic E-state index is 11.7. The maximum Gasteiger partial charge on any atom is 0.330 e. The van der Waals surface area contributed by atoms with Gasteiger partial charge in [0.05, 0.1) is 0 Å². The molecule has 0 bridgehead atoms. The lowest BCUT2D eigenvalue weighted by Crippen LogP contribution is -2.53. The number of nitrogens with zero attached hydrogens (tertiary/aromatic N) is 1. The number of hydrazine groups is 1. The van der Waals surface area contributed by atoms with Gasteiger partial charge in [0.15, 0.2) is 0 Å². The first-order valence-electron chi connectivity index (χ1n) is 6.75. The highest BCUT2D eigenvalue weighted by atomic mass is 16.4. The number of carbonyl (C=O) groups excluding carboxylic acids is 1. The third kappa shape index (κ3) is 6.37. The summed E-state index contributed by atoms with van der Waals surface area (Å²) in [5, 5.41) is 21.6. The van der Waals surface area contributed by atoms with Gasteiger partial charge in [-0.25, -0.2) is 14.6 Å². The minimum atomic E-state index is -1.16. The number of nitrogens with one attached hydrogen (secondary N) is 2. The monoisotopic (exact) mass is 287 g/mol. The van der Waals surface area contributed by atoms with Crippen molar-refractivity contribution in [1.82, 2.24) is 15.8 Å². The molecule has 8 heteroatoms. The van der Waals surface area contributed by atoms with E-state index in [1.165, 1.54) is 0 Å². The highest BCUT2D eigenvalue weighted by Crippen LogP contribution is 2.06. The number of carboxylic acids is 2. The van der Waals surface area contributed by atoms with Gasteiger partial charge in [0.25, 0.3) is 0 Å². The van der Waals surface area contributed by atoms with Crippen LogP contribution in [0.25, 0.3) is 0 Å². The normalized spacial score (nSPS) is 17.2. The Labute approximate surface area is 117 Å². The lowest BCUT2D eigenvalue weighted by atomic mass is 10.1.